The average molecular weight is 260 g/mol. The van der Waals surface area contributed by atoms with Crippen LogP contribution in [0.25, 0.3) is 0 Å². The summed E-state index contributed by atoms with van der Waals surface area (Å²) in [7, 11) is 1.69. The highest BCUT2D eigenvalue weighted by Gasteiger charge is 2.35. The minimum atomic E-state index is -4.38. The molecule has 0 aliphatic rings. The Morgan fingerprint density at radius 1 is 1.22 bits per heavy atom. The van der Waals surface area contributed by atoms with Crippen LogP contribution in [0.4, 0.5) is 24.5 Å². The fraction of sp³-hybridized carbons (Fsp3) is 0.538. The summed E-state index contributed by atoms with van der Waals surface area (Å²) < 4.78 is 38.9. The van der Waals surface area contributed by atoms with Gasteiger partial charge in [0.05, 0.1) is 5.56 Å². The first-order chi connectivity index (χ1) is 8.31. The quantitative estimate of drug-likeness (QED) is 0.831. The van der Waals surface area contributed by atoms with Crippen molar-refractivity contribution in [3.63, 3.8) is 0 Å². The van der Waals surface area contributed by atoms with Gasteiger partial charge in [0.2, 0.25) is 0 Å². The predicted octanol–water partition coefficient (Wildman–Crippen LogP) is 3.91. The van der Waals surface area contributed by atoms with Crippen molar-refractivity contribution < 1.29 is 13.2 Å². The van der Waals surface area contributed by atoms with Gasteiger partial charge < -0.3 is 10.6 Å². The number of halogens is 3. The van der Waals surface area contributed by atoms with Crippen LogP contribution in [-0.4, -0.2) is 13.1 Å². The van der Waals surface area contributed by atoms with Crippen LogP contribution in [0.3, 0.4) is 0 Å². The highest BCUT2D eigenvalue weighted by molar-refractivity contribution is 5.61. The van der Waals surface area contributed by atoms with Crippen molar-refractivity contribution in [2.45, 2.75) is 38.9 Å². The first-order valence-electron chi connectivity index (χ1n) is 6.00. The zero-order chi connectivity index (χ0) is 13.9. The van der Waals surface area contributed by atoms with E-state index >= 15 is 0 Å². The van der Waals surface area contributed by atoms with Crippen molar-refractivity contribution in [3.8, 4) is 0 Å². The topological polar surface area (TPSA) is 29.3 Å². The third-order valence-corrected chi connectivity index (χ3v) is 3.20. The minimum Gasteiger partial charge on any atom is -0.399 e. The molecule has 1 aromatic carbocycles. The summed E-state index contributed by atoms with van der Waals surface area (Å²) in [4.78, 5) is 1.68. The Morgan fingerprint density at radius 2 is 1.78 bits per heavy atom. The Balaban J connectivity index is 3.23. The molecule has 0 aliphatic carbocycles. The lowest BCUT2D eigenvalue weighted by Gasteiger charge is -2.30. The Hall–Kier alpha value is -1.39. The molecule has 5 heteroatoms. The number of hydrogen-bond acceptors (Lipinski definition) is 2. The minimum absolute atomic E-state index is 0.0923. The standard InChI is InChI=1S/C13H19F3N2/c1-4-10(5-2)18(3)12-7-6-9(17)8-11(12)13(14,15)16/h6-8,10H,4-5,17H2,1-3H3. The van der Waals surface area contributed by atoms with Gasteiger partial charge in [-0.1, -0.05) is 13.8 Å². The van der Waals surface area contributed by atoms with Gasteiger partial charge in [-0.25, -0.2) is 0 Å². The first-order valence-corrected chi connectivity index (χ1v) is 6.00. The van der Waals surface area contributed by atoms with Crippen LogP contribution < -0.4 is 10.6 Å². The molecule has 1 aromatic rings. The van der Waals surface area contributed by atoms with Crippen molar-refractivity contribution >= 4 is 11.4 Å². The number of anilines is 2. The van der Waals surface area contributed by atoms with Crippen LogP contribution in [0.15, 0.2) is 18.2 Å². The normalized spacial score (nSPS) is 11.9. The van der Waals surface area contributed by atoms with Gasteiger partial charge in [-0.2, -0.15) is 13.2 Å². The summed E-state index contributed by atoms with van der Waals surface area (Å²) in [6.07, 6.45) is -2.78. The van der Waals surface area contributed by atoms with Crippen LogP contribution in [0.2, 0.25) is 0 Å². The van der Waals surface area contributed by atoms with Crippen LogP contribution in [0.5, 0.6) is 0 Å². The van der Waals surface area contributed by atoms with E-state index in [0.29, 0.717) is 0 Å². The molecule has 0 amide bonds. The Labute approximate surface area is 106 Å². The van der Waals surface area contributed by atoms with E-state index < -0.39 is 11.7 Å². The molecule has 102 valence electrons. The lowest BCUT2D eigenvalue weighted by atomic mass is 10.1. The third kappa shape index (κ3) is 3.09. The average Bonchev–Trinajstić information content (AvgIpc) is 2.29. The molecule has 0 heterocycles. The maximum absolute atomic E-state index is 13.0. The predicted molar refractivity (Wildman–Crippen MR) is 68.6 cm³/mol. The Morgan fingerprint density at radius 3 is 2.22 bits per heavy atom. The maximum atomic E-state index is 13.0. The fourth-order valence-corrected chi connectivity index (χ4v) is 2.12. The van der Waals surface area contributed by atoms with Crippen molar-refractivity contribution in [2.75, 3.05) is 17.7 Å². The molecule has 1 rings (SSSR count). The molecule has 0 bridgehead atoms. The van der Waals surface area contributed by atoms with E-state index in [1.165, 1.54) is 12.1 Å². The number of rotatable bonds is 4. The molecule has 0 fully saturated rings. The van der Waals surface area contributed by atoms with E-state index in [9.17, 15) is 13.2 Å². The number of benzene rings is 1. The Bertz CT molecular complexity index is 398. The van der Waals surface area contributed by atoms with Crippen molar-refractivity contribution in [2.24, 2.45) is 0 Å². The lowest BCUT2D eigenvalue weighted by molar-refractivity contribution is -0.137. The lowest BCUT2D eigenvalue weighted by Crippen LogP contribution is -2.32. The third-order valence-electron chi connectivity index (χ3n) is 3.20. The zero-order valence-electron chi connectivity index (χ0n) is 10.9. The second-order valence-electron chi connectivity index (χ2n) is 4.36. The van der Waals surface area contributed by atoms with E-state index in [1.807, 2.05) is 13.8 Å². The van der Waals surface area contributed by atoms with Crippen molar-refractivity contribution in [1.82, 2.24) is 0 Å². The molecule has 0 unspecified atom stereocenters. The second-order valence-corrected chi connectivity index (χ2v) is 4.36. The summed E-state index contributed by atoms with van der Waals surface area (Å²) >= 11 is 0. The second kappa shape index (κ2) is 5.50. The highest BCUT2D eigenvalue weighted by atomic mass is 19.4. The first kappa shape index (κ1) is 14.7. The molecule has 2 nitrogen and oxygen atoms in total. The molecule has 0 saturated heterocycles. The number of nitrogens with two attached hydrogens (primary N) is 1. The van der Waals surface area contributed by atoms with Crippen LogP contribution in [-0.2, 0) is 6.18 Å². The molecular weight excluding hydrogens is 241 g/mol. The van der Waals surface area contributed by atoms with Gasteiger partial charge in [-0.3, -0.25) is 0 Å². The van der Waals surface area contributed by atoms with E-state index in [-0.39, 0.29) is 17.4 Å². The summed E-state index contributed by atoms with van der Waals surface area (Å²) in [6.45, 7) is 3.93. The van der Waals surface area contributed by atoms with Gasteiger partial charge in [-0.05, 0) is 31.0 Å². The molecule has 0 aliphatic heterocycles. The molecule has 2 N–H and O–H groups in total. The van der Waals surface area contributed by atoms with Crippen LogP contribution in [0.1, 0.15) is 32.3 Å². The molecular formula is C13H19F3N2. The number of nitrogens with zero attached hydrogens (tertiary/aromatic N) is 1. The number of hydrogen-bond donors (Lipinski definition) is 1. The van der Waals surface area contributed by atoms with Gasteiger partial charge in [0.25, 0.3) is 0 Å². The van der Waals surface area contributed by atoms with E-state index in [2.05, 4.69) is 0 Å². The molecule has 18 heavy (non-hydrogen) atoms. The van der Waals surface area contributed by atoms with E-state index in [0.717, 1.165) is 18.9 Å². The van der Waals surface area contributed by atoms with Crippen molar-refractivity contribution in [1.29, 1.82) is 0 Å². The smallest absolute Gasteiger partial charge is 0.399 e. The van der Waals surface area contributed by atoms with Crippen LogP contribution >= 0.6 is 0 Å². The molecule has 0 saturated carbocycles. The van der Waals surface area contributed by atoms with Gasteiger partial charge in [0.1, 0.15) is 0 Å². The molecule has 0 atom stereocenters. The van der Waals surface area contributed by atoms with Gasteiger partial charge >= 0.3 is 6.18 Å². The van der Waals surface area contributed by atoms with E-state index in [1.54, 1.807) is 11.9 Å². The maximum Gasteiger partial charge on any atom is 0.418 e. The monoisotopic (exact) mass is 260 g/mol. The zero-order valence-corrected chi connectivity index (χ0v) is 10.9. The molecule has 0 spiro atoms. The fourth-order valence-electron chi connectivity index (χ4n) is 2.12. The molecule has 0 aromatic heterocycles. The summed E-state index contributed by atoms with van der Waals surface area (Å²) in [6, 6.07) is 4.03. The summed E-state index contributed by atoms with van der Waals surface area (Å²) in [5, 5.41) is 0. The van der Waals surface area contributed by atoms with Gasteiger partial charge in [0.15, 0.2) is 0 Å². The summed E-state index contributed by atoms with van der Waals surface area (Å²) in [5.41, 5.74) is 5.09. The van der Waals surface area contributed by atoms with Gasteiger partial charge in [0, 0.05) is 24.5 Å². The SMILES string of the molecule is CCC(CC)N(C)c1ccc(N)cc1C(F)(F)F. The van der Waals surface area contributed by atoms with Gasteiger partial charge in [-0.15, -0.1) is 0 Å². The highest BCUT2D eigenvalue weighted by Crippen LogP contribution is 2.38. The summed E-state index contributed by atoms with van der Waals surface area (Å²) in [5.74, 6) is 0. The van der Waals surface area contributed by atoms with Crippen LogP contribution in [0, 0.1) is 0 Å². The van der Waals surface area contributed by atoms with E-state index in [4.69, 9.17) is 5.73 Å². The largest absolute Gasteiger partial charge is 0.418 e. The molecule has 0 radical (unpaired) electrons. The number of nitrogen functional groups attached to an aromatic ring is 1. The van der Waals surface area contributed by atoms with Crippen molar-refractivity contribution in [3.05, 3.63) is 23.8 Å². The number of alkyl halides is 3. The Kier molecular flexibility index (Phi) is 4.48.